The van der Waals surface area contributed by atoms with Crippen LogP contribution in [0.2, 0.25) is 0 Å². The van der Waals surface area contributed by atoms with Crippen LogP contribution in [0.5, 0.6) is 0 Å². The molecule has 1 N–H and O–H groups in total. The first-order valence-corrected chi connectivity index (χ1v) is 5.75. The van der Waals surface area contributed by atoms with E-state index in [4.69, 9.17) is 14.6 Å². The molecule has 0 rings (SSSR count). The van der Waals surface area contributed by atoms with Crippen molar-refractivity contribution < 1.29 is 19.4 Å². The van der Waals surface area contributed by atoms with Crippen molar-refractivity contribution >= 4 is 6.41 Å². The number of aliphatic hydroxyl groups is 1. The van der Waals surface area contributed by atoms with Gasteiger partial charge in [-0.2, -0.15) is 0 Å². The zero-order valence-corrected chi connectivity index (χ0v) is 10.7. The van der Waals surface area contributed by atoms with Gasteiger partial charge >= 0.3 is 0 Å². The van der Waals surface area contributed by atoms with Crippen molar-refractivity contribution in [3.63, 3.8) is 0 Å². The Morgan fingerprint density at radius 3 is 2.06 bits per heavy atom. The molecular weight excluding hydrogens is 236 g/mol. The third-order valence-electron chi connectivity index (χ3n) is 2.20. The molecule has 0 spiro atoms. The fourth-order valence-electron chi connectivity index (χ4n) is 1.08. The fraction of sp³-hybridized carbons (Fsp3) is 0.583. The van der Waals surface area contributed by atoms with E-state index < -0.39 is 0 Å². The first-order chi connectivity index (χ1) is 8.78. The Bertz CT molecular complexity index is 228. The van der Waals surface area contributed by atoms with Gasteiger partial charge in [0.2, 0.25) is 6.41 Å². The summed E-state index contributed by atoms with van der Waals surface area (Å²) in [7, 11) is 0. The lowest BCUT2D eigenvalue weighted by Gasteiger charge is -2.16. The highest BCUT2D eigenvalue weighted by Gasteiger charge is 1.97. The lowest BCUT2D eigenvalue weighted by molar-refractivity contribution is -0.116. The number of nitrogens with zero attached hydrogens (tertiary/aromatic N) is 2. The van der Waals surface area contributed by atoms with Crippen molar-refractivity contribution in [1.29, 1.82) is 0 Å². The fourth-order valence-corrected chi connectivity index (χ4v) is 1.08. The Balaban J connectivity index is 3.28. The summed E-state index contributed by atoms with van der Waals surface area (Å²) in [5.74, 6) is 0. The summed E-state index contributed by atoms with van der Waals surface area (Å²) in [5.41, 5.74) is 0. The minimum atomic E-state index is -0.0631. The minimum absolute atomic E-state index is 0.0631. The summed E-state index contributed by atoms with van der Waals surface area (Å²) in [4.78, 5) is 13.4. The van der Waals surface area contributed by atoms with Gasteiger partial charge in [0, 0.05) is 13.1 Å². The van der Waals surface area contributed by atoms with Crippen molar-refractivity contribution in [2.75, 3.05) is 46.2 Å². The highest BCUT2D eigenvalue weighted by atomic mass is 16.5. The zero-order chi connectivity index (χ0) is 13.6. The molecular formula is C12H22N2O4. The van der Waals surface area contributed by atoms with E-state index >= 15 is 0 Å². The van der Waals surface area contributed by atoms with Crippen LogP contribution in [-0.4, -0.2) is 67.6 Å². The van der Waals surface area contributed by atoms with Gasteiger partial charge in [-0.25, -0.2) is 0 Å². The Labute approximate surface area is 108 Å². The van der Waals surface area contributed by atoms with Gasteiger partial charge in [0.1, 0.15) is 6.73 Å². The molecule has 0 aliphatic carbocycles. The predicted molar refractivity (Wildman–Crippen MR) is 68.6 cm³/mol. The van der Waals surface area contributed by atoms with Gasteiger partial charge in [0.15, 0.2) is 0 Å². The number of hydrogen-bond acceptors (Lipinski definition) is 5. The van der Waals surface area contributed by atoms with Gasteiger partial charge in [-0.15, -0.1) is 0 Å². The highest BCUT2D eigenvalue weighted by molar-refractivity contribution is 5.48. The van der Waals surface area contributed by atoms with E-state index in [0.29, 0.717) is 45.9 Å². The van der Waals surface area contributed by atoms with Crippen molar-refractivity contribution in [3.8, 4) is 0 Å². The SMILES string of the molecule is C=CN(C=O)CCOCCOCCN(C=C)CO. The average Bonchev–Trinajstić information content (AvgIpc) is 2.41. The summed E-state index contributed by atoms with van der Waals surface area (Å²) < 4.78 is 10.6. The third-order valence-corrected chi connectivity index (χ3v) is 2.20. The van der Waals surface area contributed by atoms with Crippen LogP contribution < -0.4 is 0 Å². The number of rotatable bonds is 13. The van der Waals surface area contributed by atoms with Gasteiger partial charge in [-0.05, 0) is 12.4 Å². The average molecular weight is 258 g/mol. The van der Waals surface area contributed by atoms with Crippen LogP contribution in [0.4, 0.5) is 0 Å². The zero-order valence-electron chi connectivity index (χ0n) is 10.7. The third kappa shape index (κ3) is 8.74. The molecule has 0 fully saturated rings. The van der Waals surface area contributed by atoms with Crippen LogP contribution in [0, 0.1) is 0 Å². The molecule has 0 saturated heterocycles. The van der Waals surface area contributed by atoms with Crippen molar-refractivity contribution in [2.45, 2.75) is 0 Å². The van der Waals surface area contributed by atoms with Gasteiger partial charge < -0.3 is 24.4 Å². The highest BCUT2D eigenvalue weighted by Crippen LogP contribution is 1.88. The molecule has 6 nitrogen and oxygen atoms in total. The number of amides is 1. The number of carbonyl (C=O) groups is 1. The summed E-state index contributed by atoms with van der Waals surface area (Å²) in [5, 5.41) is 8.83. The molecule has 0 saturated carbocycles. The number of aliphatic hydroxyl groups excluding tert-OH is 1. The smallest absolute Gasteiger partial charge is 0.213 e. The minimum Gasteiger partial charge on any atom is -0.377 e. The summed E-state index contributed by atoms with van der Waals surface area (Å²) in [6.45, 7) is 9.95. The molecule has 0 heterocycles. The molecule has 0 aromatic rings. The molecule has 0 unspecified atom stereocenters. The largest absolute Gasteiger partial charge is 0.377 e. The van der Waals surface area contributed by atoms with Crippen LogP contribution in [0.3, 0.4) is 0 Å². The second-order valence-corrected chi connectivity index (χ2v) is 3.39. The molecule has 6 heteroatoms. The monoisotopic (exact) mass is 258 g/mol. The summed E-state index contributed by atoms with van der Waals surface area (Å²) in [6.07, 6.45) is 3.71. The van der Waals surface area contributed by atoms with E-state index in [-0.39, 0.29) is 6.73 Å². The Morgan fingerprint density at radius 1 is 1.00 bits per heavy atom. The van der Waals surface area contributed by atoms with Crippen molar-refractivity contribution in [3.05, 3.63) is 25.6 Å². The Morgan fingerprint density at radius 2 is 1.61 bits per heavy atom. The molecule has 18 heavy (non-hydrogen) atoms. The molecule has 0 aromatic heterocycles. The molecule has 0 aliphatic rings. The Kier molecular flexibility index (Phi) is 11.2. The van der Waals surface area contributed by atoms with Crippen molar-refractivity contribution in [1.82, 2.24) is 9.80 Å². The van der Waals surface area contributed by atoms with Gasteiger partial charge in [0.25, 0.3) is 0 Å². The second-order valence-electron chi connectivity index (χ2n) is 3.39. The second kappa shape index (κ2) is 12.1. The first-order valence-electron chi connectivity index (χ1n) is 5.75. The van der Waals surface area contributed by atoms with Gasteiger partial charge in [-0.1, -0.05) is 13.2 Å². The molecule has 0 aromatic carbocycles. The molecule has 1 amide bonds. The maximum atomic E-state index is 10.4. The standard InChI is InChI=1S/C12H22N2O4/c1-3-13(11-15)5-7-17-9-10-18-8-6-14(4-2)12-16/h3-4,11,16H,1-2,5-10,12H2. The van der Waals surface area contributed by atoms with E-state index in [0.717, 1.165) is 0 Å². The first kappa shape index (κ1) is 16.6. The summed E-state index contributed by atoms with van der Waals surface area (Å²) >= 11 is 0. The maximum absolute atomic E-state index is 10.4. The lowest BCUT2D eigenvalue weighted by Crippen LogP contribution is -2.24. The molecule has 0 bridgehead atoms. The topological polar surface area (TPSA) is 62.2 Å². The Hall–Kier alpha value is -1.37. The van der Waals surface area contributed by atoms with Crippen LogP contribution in [0.15, 0.2) is 25.6 Å². The predicted octanol–water partition coefficient (Wildman–Crippen LogP) is 0.0168. The van der Waals surface area contributed by atoms with Gasteiger partial charge in [0.05, 0.1) is 26.4 Å². The number of carbonyl (C=O) groups excluding carboxylic acids is 1. The maximum Gasteiger partial charge on any atom is 0.213 e. The van der Waals surface area contributed by atoms with E-state index in [1.54, 1.807) is 11.1 Å². The van der Waals surface area contributed by atoms with Crippen molar-refractivity contribution in [2.24, 2.45) is 0 Å². The van der Waals surface area contributed by atoms with Gasteiger partial charge in [-0.3, -0.25) is 4.79 Å². The summed E-state index contributed by atoms with van der Waals surface area (Å²) in [6, 6.07) is 0. The van der Waals surface area contributed by atoms with Crippen LogP contribution in [0.1, 0.15) is 0 Å². The van der Waals surface area contributed by atoms with E-state index in [2.05, 4.69) is 13.2 Å². The van der Waals surface area contributed by atoms with Crippen LogP contribution >= 0.6 is 0 Å². The molecule has 0 aliphatic heterocycles. The van der Waals surface area contributed by atoms with E-state index in [9.17, 15) is 4.79 Å². The quantitative estimate of drug-likeness (QED) is 0.287. The molecule has 0 atom stereocenters. The van der Waals surface area contributed by atoms with Crippen LogP contribution in [0.25, 0.3) is 0 Å². The van der Waals surface area contributed by atoms with E-state index in [1.807, 2.05) is 0 Å². The molecule has 0 radical (unpaired) electrons. The van der Waals surface area contributed by atoms with Crippen LogP contribution in [-0.2, 0) is 14.3 Å². The van der Waals surface area contributed by atoms with E-state index in [1.165, 1.54) is 11.1 Å². The molecule has 104 valence electrons. The lowest BCUT2D eigenvalue weighted by atomic mass is 10.6. The number of ether oxygens (including phenoxy) is 2. The number of hydrogen-bond donors (Lipinski definition) is 1. The normalized spacial score (nSPS) is 9.83.